The third kappa shape index (κ3) is 5.55. The van der Waals surface area contributed by atoms with E-state index in [4.69, 9.17) is 16.2 Å². The first-order valence-electron chi connectivity index (χ1n) is 12.0. The van der Waals surface area contributed by atoms with Gasteiger partial charge in [-0.1, -0.05) is 26.2 Å². The van der Waals surface area contributed by atoms with E-state index in [1.807, 2.05) is 0 Å². The maximum absolute atomic E-state index is 13.8. The highest BCUT2D eigenvalue weighted by Crippen LogP contribution is 2.30. The Bertz CT molecular complexity index is 981. The third-order valence-electron chi connectivity index (χ3n) is 6.75. The summed E-state index contributed by atoms with van der Waals surface area (Å²) >= 11 is 0. The lowest BCUT2D eigenvalue weighted by Gasteiger charge is -2.36. The van der Waals surface area contributed by atoms with Gasteiger partial charge in [-0.25, -0.2) is 9.79 Å². The molecule has 11 heteroatoms. The second-order valence-corrected chi connectivity index (χ2v) is 9.17. The van der Waals surface area contributed by atoms with E-state index in [2.05, 4.69) is 9.98 Å². The van der Waals surface area contributed by atoms with E-state index in [9.17, 15) is 19.2 Å². The molecule has 3 atom stereocenters. The van der Waals surface area contributed by atoms with Crippen LogP contribution in [0.4, 0.5) is 0 Å². The van der Waals surface area contributed by atoms with Crippen LogP contribution in [-0.4, -0.2) is 86.6 Å². The molecule has 3 rings (SSSR count). The van der Waals surface area contributed by atoms with E-state index in [1.165, 1.54) is 28.4 Å². The topological polar surface area (TPSA) is 170 Å². The van der Waals surface area contributed by atoms with Crippen molar-refractivity contribution in [1.82, 2.24) is 9.80 Å². The number of amides is 3. The molecule has 3 amide bonds. The summed E-state index contributed by atoms with van der Waals surface area (Å²) in [4.78, 5) is 61.7. The smallest absolute Gasteiger partial charge is 0.347 e. The van der Waals surface area contributed by atoms with Crippen LogP contribution in [0.2, 0.25) is 0 Å². The molecule has 189 valence electrons. The number of nitrogens with one attached hydrogen (secondary N) is 1. The molecule has 3 aliphatic rings. The zero-order valence-electron chi connectivity index (χ0n) is 20.1. The normalized spacial score (nSPS) is 25.5. The molecule has 2 heterocycles. The van der Waals surface area contributed by atoms with Gasteiger partial charge in [0.1, 0.15) is 23.5 Å². The Morgan fingerprint density at radius 2 is 1.94 bits per heavy atom. The third-order valence-corrected chi connectivity index (χ3v) is 6.75. The maximum Gasteiger partial charge on any atom is 0.347 e. The predicted molar refractivity (Wildman–Crippen MR) is 130 cm³/mol. The fourth-order valence-electron chi connectivity index (χ4n) is 4.87. The van der Waals surface area contributed by atoms with Crippen molar-refractivity contribution in [2.24, 2.45) is 15.7 Å². The van der Waals surface area contributed by atoms with Crippen LogP contribution in [-0.2, 0) is 19.2 Å². The molecule has 1 saturated carbocycles. The number of aliphatic imine (C=N–C) groups is 2. The Balaban J connectivity index is 1.92. The summed E-state index contributed by atoms with van der Waals surface area (Å²) in [5.41, 5.74) is 4.38. The molecule has 0 aromatic carbocycles. The number of carbonyl (C=O) groups is 4. The lowest BCUT2D eigenvalue weighted by atomic mass is 9.93. The first-order valence-corrected chi connectivity index (χ1v) is 12.0. The molecule has 0 bridgehead atoms. The molecule has 35 heavy (non-hydrogen) atoms. The van der Waals surface area contributed by atoms with Gasteiger partial charge >= 0.3 is 5.97 Å². The van der Waals surface area contributed by atoms with Crippen LogP contribution in [0.5, 0.6) is 0 Å². The van der Waals surface area contributed by atoms with Crippen molar-refractivity contribution in [3.8, 4) is 0 Å². The molecule has 1 saturated heterocycles. The molecular weight excluding hydrogens is 452 g/mol. The zero-order valence-corrected chi connectivity index (χ0v) is 20.1. The quantitative estimate of drug-likeness (QED) is 0.277. The summed E-state index contributed by atoms with van der Waals surface area (Å²) in [5, 5.41) is 17.0. The van der Waals surface area contributed by atoms with Gasteiger partial charge < -0.3 is 15.7 Å². The highest BCUT2D eigenvalue weighted by Gasteiger charge is 2.44. The number of carboxylic acids is 1. The van der Waals surface area contributed by atoms with Crippen LogP contribution in [0.25, 0.3) is 0 Å². The summed E-state index contributed by atoms with van der Waals surface area (Å²) in [7, 11) is 0. The van der Waals surface area contributed by atoms with Gasteiger partial charge in [-0.15, -0.1) is 0 Å². The van der Waals surface area contributed by atoms with Gasteiger partial charge in [0.2, 0.25) is 5.91 Å². The molecular formula is C24H33N6O5. The summed E-state index contributed by atoms with van der Waals surface area (Å²) in [5.74, 6) is -3.00. The van der Waals surface area contributed by atoms with Gasteiger partial charge in [0.15, 0.2) is 5.84 Å². The monoisotopic (exact) mass is 485 g/mol. The number of nitrogens with two attached hydrogens (primary N) is 1. The van der Waals surface area contributed by atoms with E-state index in [1.54, 1.807) is 13.8 Å². The van der Waals surface area contributed by atoms with Crippen LogP contribution in [0.1, 0.15) is 58.8 Å². The van der Waals surface area contributed by atoms with Crippen molar-refractivity contribution in [3.05, 3.63) is 18.6 Å². The molecule has 1 radical (unpaired) electrons. The fraction of sp³-hybridized carbons (Fsp3) is 0.583. The first-order chi connectivity index (χ1) is 16.6. The number of hydrogen-bond donors (Lipinski definition) is 3. The average molecular weight is 486 g/mol. The van der Waals surface area contributed by atoms with Crippen molar-refractivity contribution in [3.63, 3.8) is 0 Å². The van der Waals surface area contributed by atoms with Gasteiger partial charge in [-0.05, 0) is 51.2 Å². The van der Waals surface area contributed by atoms with Crippen LogP contribution in [0.3, 0.4) is 0 Å². The minimum absolute atomic E-state index is 0.0136. The summed E-state index contributed by atoms with van der Waals surface area (Å²) in [6.07, 6.45) is 10.3. The Labute approximate surface area is 204 Å². The number of nitrogens with zero attached hydrogens (tertiary/aromatic N) is 4. The number of carbonyl (C=O) groups excluding carboxylic acids is 3. The predicted octanol–water partition coefficient (Wildman–Crippen LogP) is 1.12. The molecule has 1 unspecified atom stereocenters. The molecule has 4 N–H and O–H groups in total. The number of rotatable bonds is 7. The second-order valence-electron chi connectivity index (χ2n) is 9.17. The molecule has 2 aliphatic heterocycles. The second kappa shape index (κ2) is 11.0. The summed E-state index contributed by atoms with van der Waals surface area (Å²) in [6.45, 7) is 3.62. The van der Waals surface area contributed by atoms with Crippen LogP contribution in [0.15, 0.2) is 22.1 Å². The van der Waals surface area contributed by atoms with E-state index in [0.29, 0.717) is 38.4 Å². The summed E-state index contributed by atoms with van der Waals surface area (Å²) < 4.78 is 0. The number of hydrogen-bond acceptors (Lipinski definition) is 7. The number of amidine groups is 1. The number of likely N-dealkylation sites (tertiary alicyclic amines) is 1. The maximum atomic E-state index is 13.8. The number of aliphatic carboxylic acids is 1. The van der Waals surface area contributed by atoms with Crippen LogP contribution in [0, 0.1) is 11.8 Å². The van der Waals surface area contributed by atoms with Gasteiger partial charge in [0.05, 0.1) is 6.04 Å². The highest BCUT2D eigenvalue weighted by atomic mass is 16.4. The van der Waals surface area contributed by atoms with E-state index < -0.39 is 35.4 Å². The lowest BCUT2D eigenvalue weighted by Crippen LogP contribution is -2.56. The lowest BCUT2D eigenvalue weighted by molar-refractivity contribution is -0.151. The first kappa shape index (κ1) is 26.4. The Kier molecular flexibility index (Phi) is 8.31. The fourth-order valence-corrected chi connectivity index (χ4v) is 4.87. The van der Waals surface area contributed by atoms with Crippen LogP contribution >= 0.6 is 0 Å². The SMILES string of the molecule is C[CH]C1(C(=N)N=CC(=O)O)C=CC(C(=O)N(C(=O)[C@@H]2CCCN2C(=O)[C@H](C)N)C2CCCCC2)=N1. The standard InChI is InChI=1S/C24H33N6O5/c1-3-24(23(26)27-14-19(31)32)12-11-17(28-24)21(34)30(16-8-5-4-6-9-16)22(35)18-10-7-13-29(18)20(33)15(2)25/h3,11-12,14-16,18,26H,4-10,13,25H2,1-2H3,(H,31,32)/t15-,18-,24?/m0/s1. The number of carboxylic acid groups (broad SMARTS) is 1. The van der Waals surface area contributed by atoms with Crippen molar-refractivity contribution in [1.29, 1.82) is 5.41 Å². The molecule has 2 fully saturated rings. The molecule has 11 nitrogen and oxygen atoms in total. The largest absolute Gasteiger partial charge is 0.477 e. The highest BCUT2D eigenvalue weighted by molar-refractivity contribution is 6.46. The minimum atomic E-state index is -1.40. The molecule has 0 aromatic heterocycles. The van der Waals surface area contributed by atoms with Crippen molar-refractivity contribution >= 4 is 41.5 Å². The Morgan fingerprint density at radius 1 is 1.26 bits per heavy atom. The Hall–Kier alpha value is -3.21. The van der Waals surface area contributed by atoms with Gasteiger partial charge in [-0.2, -0.15) is 0 Å². The minimum Gasteiger partial charge on any atom is -0.477 e. The Morgan fingerprint density at radius 3 is 2.54 bits per heavy atom. The molecule has 1 aliphatic carbocycles. The van der Waals surface area contributed by atoms with E-state index >= 15 is 0 Å². The zero-order chi connectivity index (χ0) is 25.8. The van der Waals surface area contributed by atoms with Crippen molar-refractivity contribution in [2.45, 2.75) is 82.5 Å². The van der Waals surface area contributed by atoms with Crippen LogP contribution < -0.4 is 5.73 Å². The number of imide groups is 1. The van der Waals surface area contributed by atoms with Crippen molar-refractivity contribution in [2.75, 3.05) is 6.54 Å². The molecule has 0 aromatic rings. The molecule has 0 spiro atoms. The van der Waals surface area contributed by atoms with Gasteiger partial charge in [0.25, 0.3) is 11.8 Å². The van der Waals surface area contributed by atoms with E-state index in [-0.39, 0.29) is 23.5 Å². The van der Waals surface area contributed by atoms with Gasteiger partial charge in [-0.3, -0.25) is 29.7 Å². The van der Waals surface area contributed by atoms with E-state index in [0.717, 1.165) is 19.3 Å². The average Bonchev–Trinajstić information content (AvgIpc) is 3.51. The van der Waals surface area contributed by atoms with Gasteiger partial charge in [0, 0.05) is 12.6 Å². The summed E-state index contributed by atoms with van der Waals surface area (Å²) in [6, 6.07) is -1.81. The van der Waals surface area contributed by atoms with Crippen molar-refractivity contribution < 1.29 is 24.3 Å².